The van der Waals surface area contributed by atoms with E-state index in [-0.39, 0.29) is 6.10 Å². The summed E-state index contributed by atoms with van der Waals surface area (Å²) in [5.41, 5.74) is 3.24. The highest BCUT2D eigenvalue weighted by molar-refractivity contribution is 5.28. The number of hydrogen-bond acceptors (Lipinski definition) is 6. The predicted molar refractivity (Wildman–Crippen MR) is 58.5 cm³/mol. The summed E-state index contributed by atoms with van der Waals surface area (Å²) >= 11 is 0. The molecule has 0 amide bonds. The molecule has 1 aliphatic heterocycles. The number of nitrogens with two attached hydrogens (primary N) is 1. The summed E-state index contributed by atoms with van der Waals surface area (Å²) in [6, 6.07) is 0. The molecule has 0 bridgehead atoms. The molecule has 1 aromatic rings. The minimum absolute atomic E-state index is 0.280. The Bertz CT molecular complexity index is 311. The molecule has 6 nitrogen and oxygen atoms in total. The Morgan fingerprint density at radius 2 is 2.19 bits per heavy atom. The molecule has 16 heavy (non-hydrogen) atoms. The third kappa shape index (κ3) is 3.13. The van der Waals surface area contributed by atoms with E-state index in [0.717, 1.165) is 31.7 Å². The molecule has 0 aromatic carbocycles. The van der Waals surface area contributed by atoms with E-state index >= 15 is 0 Å². The largest absolute Gasteiger partial charge is 0.381 e. The molecule has 2 heterocycles. The molecule has 1 aliphatic rings. The molecule has 0 spiro atoms. The number of nitrogen functional groups attached to an aromatic ring is 1. The third-order valence-corrected chi connectivity index (χ3v) is 2.49. The minimum atomic E-state index is 0.280. The highest BCUT2D eigenvalue weighted by Gasteiger charge is 2.14. The number of hydrazine groups is 1. The normalized spacial score (nSPS) is 17.3. The van der Waals surface area contributed by atoms with Crippen LogP contribution in [-0.4, -0.2) is 29.3 Å². The van der Waals surface area contributed by atoms with E-state index in [1.165, 1.54) is 0 Å². The van der Waals surface area contributed by atoms with E-state index in [1.807, 2.05) is 0 Å². The number of anilines is 1. The molecule has 1 aromatic heterocycles. The molecule has 1 fully saturated rings. The lowest BCUT2D eigenvalue weighted by Gasteiger charge is -2.22. The second kappa shape index (κ2) is 5.74. The Morgan fingerprint density at radius 3 is 2.81 bits per heavy atom. The van der Waals surface area contributed by atoms with E-state index in [9.17, 15) is 0 Å². The van der Waals surface area contributed by atoms with Crippen LogP contribution in [0.15, 0.2) is 12.4 Å². The van der Waals surface area contributed by atoms with Gasteiger partial charge in [-0.25, -0.2) is 10.8 Å². The zero-order valence-electron chi connectivity index (χ0n) is 9.06. The molecule has 0 atom stereocenters. The first-order valence-electron chi connectivity index (χ1n) is 5.35. The SMILES string of the molecule is NNc1cnc(COC2CCOCC2)cn1. The molecule has 6 heteroatoms. The lowest BCUT2D eigenvalue weighted by atomic mass is 10.1. The summed E-state index contributed by atoms with van der Waals surface area (Å²) in [6.07, 6.45) is 5.44. The molecule has 2 rings (SSSR count). The monoisotopic (exact) mass is 224 g/mol. The van der Waals surface area contributed by atoms with Gasteiger partial charge < -0.3 is 14.9 Å². The topological polar surface area (TPSA) is 82.3 Å². The fourth-order valence-corrected chi connectivity index (χ4v) is 1.55. The van der Waals surface area contributed by atoms with Crippen molar-refractivity contribution in [3.8, 4) is 0 Å². The maximum atomic E-state index is 5.71. The van der Waals surface area contributed by atoms with E-state index in [1.54, 1.807) is 12.4 Å². The van der Waals surface area contributed by atoms with Gasteiger partial charge in [0.05, 0.1) is 30.8 Å². The Kier molecular flexibility index (Phi) is 4.03. The average Bonchev–Trinajstić information content (AvgIpc) is 2.38. The Labute approximate surface area is 94.1 Å². The predicted octanol–water partition coefficient (Wildman–Crippen LogP) is 0.458. The van der Waals surface area contributed by atoms with E-state index in [0.29, 0.717) is 12.4 Å². The summed E-state index contributed by atoms with van der Waals surface area (Å²) in [5, 5.41) is 0. The van der Waals surface area contributed by atoms with Gasteiger partial charge in [-0.3, -0.25) is 4.98 Å². The highest BCUT2D eigenvalue weighted by atomic mass is 16.5. The Hall–Kier alpha value is -1.24. The zero-order chi connectivity index (χ0) is 11.2. The second-order valence-electron chi connectivity index (χ2n) is 3.66. The fraction of sp³-hybridized carbons (Fsp3) is 0.600. The minimum Gasteiger partial charge on any atom is -0.381 e. The van der Waals surface area contributed by atoms with Crippen molar-refractivity contribution in [2.75, 3.05) is 18.6 Å². The lowest BCUT2D eigenvalue weighted by Crippen LogP contribution is -2.23. The quantitative estimate of drug-likeness (QED) is 0.571. The Morgan fingerprint density at radius 1 is 1.38 bits per heavy atom. The third-order valence-electron chi connectivity index (χ3n) is 2.49. The van der Waals surface area contributed by atoms with E-state index in [4.69, 9.17) is 15.3 Å². The van der Waals surface area contributed by atoms with E-state index in [2.05, 4.69) is 15.4 Å². The van der Waals surface area contributed by atoms with Gasteiger partial charge in [-0.2, -0.15) is 0 Å². The second-order valence-corrected chi connectivity index (χ2v) is 3.66. The van der Waals surface area contributed by atoms with Crippen LogP contribution < -0.4 is 11.3 Å². The van der Waals surface area contributed by atoms with Gasteiger partial charge >= 0.3 is 0 Å². The van der Waals surface area contributed by atoms with Crippen molar-refractivity contribution in [2.45, 2.75) is 25.6 Å². The number of rotatable bonds is 4. The van der Waals surface area contributed by atoms with Crippen LogP contribution in [-0.2, 0) is 16.1 Å². The van der Waals surface area contributed by atoms with Crippen LogP contribution >= 0.6 is 0 Å². The summed E-state index contributed by atoms with van der Waals surface area (Å²) in [6.45, 7) is 2.06. The van der Waals surface area contributed by atoms with Gasteiger partial charge in [0.2, 0.25) is 0 Å². The standard InChI is InChI=1S/C10H16N4O2/c11-14-10-6-12-8(5-13-10)7-16-9-1-3-15-4-2-9/h5-6,9H,1-4,7,11H2,(H,13,14). The summed E-state index contributed by atoms with van der Waals surface area (Å²) in [4.78, 5) is 8.23. The number of ether oxygens (including phenoxy) is 2. The fourth-order valence-electron chi connectivity index (χ4n) is 1.55. The molecule has 0 radical (unpaired) electrons. The van der Waals surface area contributed by atoms with Gasteiger partial charge in [-0.15, -0.1) is 0 Å². The lowest BCUT2D eigenvalue weighted by molar-refractivity contribution is -0.0400. The van der Waals surface area contributed by atoms with Crippen molar-refractivity contribution in [3.63, 3.8) is 0 Å². The number of nitrogens with one attached hydrogen (secondary N) is 1. The van der Waals surface area contributed by atoms with Crippen molar-refractivity contribution in [1.29, 1.82) is 0 Å². The van der Waals surface area contributed by atoms with Crippen LogP contribution in [0.25, 0.3) is 0 Å². The van der Waals surface area contributed by atoms with Crippen molar-refractivity contribution < 1.29 is 9.47 Å². The molecule has 88 valence electrons. The zero-order valence-corrected chi connectivity index (χ0v) is 9.06. The van der Waals surface area contributed by atoms with Gasteiger partial charge in [-0.1, -0.05) is 0 Å². The first-order chi connectivity index (χ1) is 7.88. The molecule has 0 aliphatic carbocycles. The summed E-state index contributed by atoms with van der Waals surface area (Å²) in [5.74, 6) is 5.74. The molecular formula is C10H16N4O2. The Balaban J connectivity index is 1.79. The average molecular weight is 224 g/mol. The van der Waals surface area contributed by atoms with Crippen molar-refractivity contribution in [2.24, 2.45) is 5.84 Å². The first kappa shape index (κ1) is 11.3. The van der Waals surface area contributed by atoms with Crippen LogP contribution in [0.5, 0.6) is 0 Å². The highest BCUT2D eigenvalue weighted by Crippen LogP contribution is 2.12. The molecule has 0 saturated carbocycles. The first-order valence-corrected chi connectivity index (χ1v) is 5.35. The van der Waals surface area contributed by atoms with E-state index < -0.39 is 0 Å². The molecular weight excluding hydrogens is 208 g/mol. The summed E-state index contributed by atoms with van der Waals surface area (Å²) in [7, 11) is 0. The molecule has 1 saturated heterocycles. The number of hydrogen-bond donors (Lipinski definition) is 2. The van der Waals surface area contributed by atoms with Crippen LogP contribution in [0, 0.1) is 0 Å². The van der Waals surface area contributed by atoms with Crippen LogP contribution in [0.1, 0.15) is 18.5 Å². The van der Waals surface area contributed by atoms with Gasteiger partial charge in [0.15, 0.2) is 5.82 Å². The van der Waals surface area contributed by atoms with Gasteiger partial charge in [-0.05, 0) is 12.8 Å². The smallest absolute Gasteiger partial charge is 0.158 e. The van der Waals surface area contributed by atoms with Crippen LogP contribution in [0.2, 0.25) is 0 Å². The van der Waals surface area contributed by atoms with Gasteiger partial charge in [0.1, 0.15) is 0 Å². The molecule has 0 unspecified atom stereocenters. The maximum Gasteiger partial charge on any atom is 0.158 e. The molecule has 3 N–H and O–H groups in total. The van der Waals surface area contributed by atoms with Crippen LogP contribution in [0.4, 0.5) is 5.82 Å². The van der Waals surface area contributed by atoms with Crippen molar-refractivity contribution in [3.05, 3.63) is 18.1 Å². The van der Waals surface area contributed by atoms with Crippen LogP contribution in [0.3, 0.4) is 0 Å². The summed E-state index contributed by atoms with van der Waals surface area (Å²) < 4.78 is 11.0. The maximum absolute atomic E-state index is 5.71. The van der Waals surface area contributed by atoms with Gasteiger partial charge in [0, 0.05) is 13.2 Å². The van der Waals surface area contributed by atoms with Gasteiger partial charge in [0.25, 0.3) is 0 Å². The number of aromatic nitrogens is 2. The number of nitrogens with zero attached hydrogens (tertiary/aromatic N) is 2. The van der Waals surface area contributed by atoms with Crippen molar-refractivity contribution in [1.82, 2.24) is 9.97 Å². The van der Waals surface area contributed by atoms with Crippen molar-refractivity contribution >= 4 is 5.82 Å².